The molecule has 4 aromatic rings. The first-order chi connectivity index (χ1) is 15.1. The van der Waals surface area contributed by atoms with E-state index >= 15 is 0 Å². The number of halogens is 2. The molecule has 0 bridgehead atoms. The Bertz CT molecular complexity index is 1200. The van der Waals surface area contributed by atoms with Gasteiger partial charge in [-0.15, -0.1) is 0 Å². The molecule has 154 valence electrons. The Balaban J connectivity index is 1.35. The number of ketones is 1. The van der Waals surface area contributed by atoms with E-state index in [-0.39, 0.29) is 5.78 Å². The second-order valence-electron chi connectivity index (χ2n) is 6.68. The molecule has 0 N–H and O–H groups in total. The van der Waals surface area contributed by atoms with Crippen molar-refractivity contribution in [1.82, 2.24) is 14.8 Å². The monoisotopic (exact) mass is 449 g/mol. The smallest absolute Gasteiger partial charge is 0.185 e. The Labute approximate surface area is 189 Å². The molecular formula is C24H17Cl2N3O2. The SMILES string of the molecule is O=C(/C=C/c1ccc(OCc2ccc(Cl)cc2Cl)cc1)c1ccc(-n2cncn2)cc1. The Kier molecular flexibility index (Phi) is 6.46. The lowest BCUT2D eigenvalue weighted by Crippen LogP contribution is -1.98. The molecule has 4 rings (SSSR count). The Morgan fingerprint density at radius 2 is 1.77 bits per heavy atom. The van der Waals surface area contributed by atoms with Crippen LogP contribution >= 0.6 is 23.2 Å². The summed E-state index contributed by atoms with van der Waals surface area (Å²) in [5, 5.41) is 5.22. The molecular weight excluding hydrogens is 433 g/mol. The van der Waals surface area contributed by atoms with Crippen LogP contribution in [0.25, 0.3) is 11.8 Å². The molecule has 0 spiro atoms. The first kappa shape index (κ1) is 20.8. The number of ether oxygens (including phenoxy) is 1. The van der Waals surface area contributed by atoms with Crippen LogP contribution in [0, 0.1) is 0 Å². The molecule has 1 aromatic heterocycles. The zero-order valence-electron chi connectivity index (χ0n) is 16.3. The molecule has 3 aromatic carbocycles. The van der Waals surface area contributed by atoms with E-state index in [1.165, 1.54) is 6.33 Å². The summed E-state index contributed by atoms with van der Waals surface area (Å²) >= 11 is 12.1. The van der Waals surface area contributed by atoms with Crippen molar-refractivity contribution in [2.24, 2.45) is 0 Å². The summed E-state index contributed by atoms with van der Waals surface area (Å²) in [6.07, 6.45) is 6.39. The van der Waals surface area contributed by atoms with Crippen molar-refractivity contribution in [2.45, 2.75) is 6.61 Å². The summed E-state index contributed by atoms with van der Waals surface area (Å²) in [6.45, 7) is 0.342. The predicted octanol–water partition coefficient (Wildman–Crippen LogP) is 6.05. The molecule has 0 atom stereocenters. The molecule has 0 saturated carbocycles. The van der Waals surface area contributed by atoms with Crippen molar-refractivity contribution in [3.05, 3.63) is 112 Å². The highest BCUT2D eigenvalue weighted by molar-refractivity contribution is 6.35. The fourth-order valence-electron chi connectivity index (χ4n) is 2.86. The third-order valence-electron chi connectivity index (χ3n) is 4.55. The minimum Gasteiger partial charge on any atom is -0.489 e. The fraction of sp³-hybridized carbons (Fsp3) is 0.0417. The van der Waals surface area contributed by atoms with Gasteiger partial charge in [-0.05, 0) is 60.2 Å². The summed E-state index contributed by atoms with van der Waals surface area (Å²) in [7, 11) is 0. The van der Waals surface area contributed by atoms with Crippen LogP contribution < -0.4 is 4.74 Å². The molecule has 0 aliphatic rings. The van der Waals surface area contributed by atoms with Gasteiger partial charge in [-0.3, -0.25) is 4.79 Å². The number of rotatable bonds is 7. The molecule has 1 heterocycles. The molecule has 5 nitrogen and oxygen atoms in total. The normalized spacial score (nSPS) is 11.0. The molecule has 0 aliphatic carbocycles. The van der Waals surface area contributed by atoms with Gasteiger partial charge in [0.15, 0.2) is 5.78 Å². The second kappa shape index (κ2) is 9.60. The zero-order chi connectivity index (χ0) is 21.6. The van der Waals surface area contributed by atoms with Crippen molar-refractivity contribution >= 4 is 35.1 Å². The molecule has 0 amide bonds. The van der Waals surface area contributed by atoms with Gasteiger partial charge in [-0.1, -0.05) is 47.5 Å². The highest BCUT2D eigenvalue weighted by Gasteiger charge is 2.04. The van der Waals surface area contributed by atoms with E-state index in [4.69, 9.17) is 27.9 Å². The van der Waals surface area contributed by atoms with Crippen molar-refractivity contribution in [3.63, 3.8) is 0 Å². The number of allylic oxidation sites excluding steroid dienone is 1. The Morgan fingerprint density at radius 3 is 2.45 bits per heavy atom. The van der Waals surface area contributed by atoms with Gasteiger partial charge in [0.05, 0.1) is 5.69 Å². The lowest BCUT2D eigenvalue weighted by atomic mass is 10.1. The second-order valence-corrected chi connectivity index (χ2v) is 7.52. The van der Waals surface area contributed by atoms with Gasteiger partial charge < -0.3 is 4.74 Å². The van der Waals surface area contributed by atoms with Crippen LogP contribution in [0.3, 0.4) is 0 Å². The van der Waals surface area contributed by atoms with Crippen LogP contribution in [0.15, 0.2) is 85.5 Å². The summed E-state index contributed by atoms with van der Waals surface area (Å²) in [5.41, 5.74) is 3.19. The van der Waals surface area contributed by atoms with Crippen molar-refractivity contribution in [1.29, 1.82) is 0 Å². The molecule has 0 radical (unpaired) electrons. The maximum atomic E-state index is 12.4. The molecule has 0 unspecified atom stereocenters. The van der Waals surface area contributed by atoms with Crippen LogP contribution in [0.1, 0.15) is 21.5 Å². The van der Waals surface area contributed by atoms with Gasteiger partial charge in [-0.2, -0.15) is 5.10 Å². The Hall–Kier alpha value is -3.41. The molecule has 0 aliphatic heterocycles. The molecule has 7 heteroatoms. The van der Waals surface area contributed by atoms with Crippen molar-refractivity contribution < 1.29 is 9.53 Å². The van der Waals surface area contributed by atoms with Crippen LogP contribution in [0.5, 0.6) is 5.75 Å². The largest absolute Gasteiger partial charge is 0.489 e. The number of benzene rings is 3. The van der Waals surface area contributed by atoms with Crippen molar-refractivity contribution in [2.75, 3.05) is 0 Å². The van der Waals surface area contributed by atoms with E-state index in [0.717, 1.165) is 16.8 Å². The highest BCUT2D eigenvalue weighted by Crippen LogP contribution is 2.23. The fourth-order valence-corrected chi connectivity index (χ4v) is 3.33. The van der Waals surface area contributed by atoms with Crippen molar-refractivity contribution in [3.8, 4) is 11.4 Å². The van der Waals surface area contributed by atoms with E-state index in [2.05, 4.69) is 10.1 Å². The first-order valence-electron chi connectivity index (χ1n) is 9.43. The number of aromatic nitrogens is 3. The van der Waals surface area contributed by atoms with E-state index in [0.29, 0.717) is 28.0 Å². The summed E-state index contributed by atoms with van der Waals surface area (Å²) < 4.78 is 7.41. The topological polar surface area (TPSA) is 57.0 Å². The maximum absolute atomic E-state index is 12.4. The number of nitrogens with zero attached hydrogens (tertiary/aromatic N) is 3. The first-order valence-corrected chi connectivity index (χ1v) is 10.2. The molecule has 31 heavy (non-hydrogen) atoms. The van der Waals surface area contributed by atoms with E-state index in [1.807, 2.05) is 42.5 Å². The van der Waals surface area contributed by atoms with Gasteiger partial charge in [0, 0.05) is 21.2 Å². The van der Waals surface area contributed by atoms with Crippen LogP contribution in [-0.4, -0.2) is 20.5 Å². The van der Waals surface area contributed by atoms with Gasteiger partial charge in [0.2, 0.25) is 0 Å². The lowest BCUT2D eigenvalue weighted by molar-refractivity contribution is 0.104. The highest BCUT2D eigenvalue weighted by atomic mass is 35.5. The summed E-state index contributed by atoms with van der Waals surface area (Å²) in [6, 6.07) is 20.0. The van der Waals surface area contributed by atoms with Crippen LogP contribution in [0.2, 0.25) is 10.0 Å². The van der Waals surface area contributed by atoms with Gasteiger partial charge in [0.1, 0.15) is 25.0 Å². The number of hydrogen-bond acceptors (Lipinski definition) is 4. The van der Waals surface area contributed by atoms with Gasteiger partial charge in [-0.25, -0.2) is 9.67 Å². The zero-order valence-corrected chi connectivity index (χ0v) is 17.8. The number of carbonyl (C=O) groups excluding carboxylic acids is 1. The number of carbonyl (C=O) groups is 1. The third kappa shape index (κ3) is 5.40. The van der Waals surface area contributed by atoms with Crippen LogP contribution in [-0.2, 0) is 6.61 Å². The average molecular weight is 450 g/mol. The molecule has 0 saturated heterocycles. The minimum absolute atomic E-state index is 0.0807. The third-order valence-corrected chi connectivity index (χ3v) is 5.14. The Morgan fingerprint density at radius 1 is 1.00 bits per heavy atom. The summed E-state index contributed by atoms with van der Waals surface area (Å²) in [5.74, 6) is 0.626. The standard InChI is InChI=1S/C24H17Cl2N3O2/c25-20-7-4-19(23(26)13-20)14-31-22-10-1-17(2-11-22)3-12-24(30)18-5-8-21(9-6-18)29-16-27-15-28-29/h1-13,15-16H,14H2/b12-3+. The van der Waals surface area contributed by atoms with E-state index in [1.54, 1.807) is 47.4 Å². The number of hydrogen-bond donors (Lipinski definition) is 0. The molecule has 0 fully saturated rings. The quantitative estimate of drug-likeness (QED) is 0.254. The predicted molar refractivity (Wildman–Crippen MR) is 122 cm³/mol. The van der Waals surface area contributed by atoms with Gasteiger partial charge in [0.25, 0.3) is 0 Å². The lowest BCUT2D eigenvalue weighted by Gasteiger charge is -2.08. The van der Waals surface area contributed by atoms with Crippen LogP contribution in [0.4, 0.5) is 0 Å². The van der Waals surface area contributed by atoms with E-state index < -0.39 is 0 Å². The average Bonchev–Trinajstić information content (AvgIpc) is 3.33. The van der Waals surface area contributed by atoms with E-state index in [9.17, 15) is 4.79 Å². The van der Waals surface area contributed by atoms with Gasteiger partial charge >= 0.3 is 0 Å². The maximum Gasteiger partial charge on any atom is 0.185 e. The summed E-state index contributed by atoms with van der Waals surface area (Å²) in [4.78, 5) is 16.3. The minimum atomic E-state index is -0.0807.